The molecule has 98 valence electrons. The first kappa shape index (κ1) is 14.2. The number of aromatic nitrogens is 2. The van der Waals surface area contributed by atoms with Crippen LogP contribution in [0.4, 0.5) is 0 Å². The van der Waals surface area contributed by atoms with Crippen LogP contribution in [-0.4, -0.2) is 22.6 Å². The van der Waals surface area contributed by atoms with Gasteiger partial charge in [-0.1, -0.05) is 27.7 Å². The Morgan fingerprint density at radius 1 is 1.29 bits per heavy atom. The van der Waals surface area contributed by atoms with Gasteiger partial charge in [0.2, 0.25) is 0 Å². The molecule has 2 unspecified atom stereocenters. The minimum absolute atomic E-state index is 0.673. The van der Waals surface area contributed by atoms with Crippen LogP contribution in [0.25, 0.3) is 0 Å². The fourth-order valence-corrected chi connectivity index (χ4v) is 2.04. The Labute approximate surface area is 106 Å². The maximum absolute atomic E-state index is 4.48. The molecule has 1 rings (SSSR count). The van der Waals surface area contributed by atoms with E-state index in [1.165, 1.54) is 12.2 Å². The Bertz CT molecular complexity index is 306. The first-order chi connectivity index (χ1) is 8.19. The van der Waals surface area contributed by atoms with Gasteiger partial charge >= 0.3 is 0 Å². The van der Waals surface area contributed by atoms with E-state index in [1.54, 1.807) is 0 Å². The van der Waals surface area contributed by atoms with Crippen LogP contribution in [0.5, 0.6) is 0 Å². The molecule has 0 aromatic carbocycles. The van der Waals surface area contributed by atoms with Gasteiger partial charge in [0.25, 0.3) is 0 Å². The van der Waals surface area contributed by atoms with Crippen LogP contribution in [0, 0.1) is 11.8 Å². The molecule has 0 saturated heterocycles. The monoisotopic (exact) mass is 237 g/mol. The van der Waals surface area contributed by atoms with E-state index in [0.29, 0.717) is 11.8 Å². The molecule has 2 atom stereocenters. The number of hydrogen-bond acceptors (Lipinski definition) is 2. The Kier molecular flexibility index (Phi) is 6.27. The van der Waals surface area contributed by atoms with Crippen LogP contribution in [0.1, 0.15) is 39.9 Å². The van der Waals surface area contributed by atoms with Crippen molar-refractivity contribution in [1.82, 2.24) is 14.9 Å². The fourth-order valence-electron chi connectivity index (χ4n) is 2.04. The number of nitrogens with one attached hydrogen (secondary N) is 1. The molecule has 0 aliphatic rings. The van der Waals surface area contributed by atoms with Gasteiger partial charge in [0.15, 0.2) is 0 Å². The van der Waals surface area contributed by atoms with Crippen LogP contribution in [0.2, 0.25) is 0 Å². The predicted octanol–water partition coefficient (Wildman–Crippen LogP) is 2.72. The van der Waals surface area contributed by atoms with Crippen molar-refractivity contribution in [2.75, 3.05) is 13.1 Å². The first-order valence-electron chi connectivity index (χ1n) is 6.89. The molecule has 1 heterocycles. The molecule has 3 nitrogen and oxygen atoms in total. The molecule has 0 aliphatic carbocycles. The summed E-state index contributed by atoms with van der Waals surface area (Å²) in [5.74, 6) is 2.61. The van der Waals surface area contributed by atoms with E-state index in [0.717, 1.165) is 26.1 Å². The second-order valence-electron chi connectivity index (χ2n) is 5.00. The normalized spacial score (nSPS) is 14.8. The third kappa shape index (κ3) is 4.50. The number of imidazole rings is 1. The summed E-state index contributed by atoms with van der Waals surface area (Å²) in [5, 5.41) is 3.42. The third-order valence-electron chi connectivity index (χ3n) is 3.46. The molecule has 0 aliphatic heterocycles. The maximum atomic E-state index is 4.48. The van der Waals surface area contributed by atoms with Gasteiger partial charge in [-0.3, -0.25) is 0 Å². The SMILES string of the molecule is CCCn1ccnc1CC(C)C(C)CNCC. The van der Waals surface area contributed by atoms with E-state index in [4.69, 9.17) is 0 Å². The lowest BCUT2D eigenvalue weighted by atomic mass is 9.92. The van der Waals surface area contributed by atoms with Crippen molar-refractivity contribution in [3.05, 3.63) is 18.2 Å². The predicted molar refractivity (Wildman–Crippen MR) is 73.1 cm³/mol. The zero-order valence-corrected chi connectivity index (χ0v) is 11.7. The largest absolute Gasteiger partial charge is 0.335 e. The van der Waals surface area contributed by atoms with E-state index in [9.17, 15) is 0 Å². The van der Waals surface area contributed by atoms with Crippen molar-refractivity contribution in [3.63, 3.8) is 0 Å². The van der Waals surface area contributed by atoms with Gasteiger partial charge in [-0.15, -0.1) is 0 Å². The van der Waals surface area contributed by atoms with Crippen molar-refractivity contribution in [3.8, 4) is 0 Å². The van der Waals surface area contributed by atoms with Gasteiger partial charge < -0.3 is 9.88 Å². The standard InChI is InChI=1S/C14H27N3/c1-5-8-17-9-7-16-14(17)10-12(3)13(4)11-15-6-2/h7,9,12-13,15H,5-6,8,10-11H2,1-4H3. The Hall–Kier alpha value is -0.830. The molecule has 1 N–H and O–H groups in total. The molecule has 3 heteroatoms. The molecular weight excluding hydrogens is 210 g/mol. The zero-order chi connectivity index (χ0) is 12.7. The molecule has 0 fully saturated rings. The molecule has 17 heavy (non-hydrogen) atoms. The molecule has 0 saturated carbocycles. The van der Waals surface area contributed by atoms with Gasteiger partial charge in [0, 0.05) is 25.4 Å². The number of nitrogens with zero attached hydrogens (tertiary/aromatic N) is 2. The summed E-state index contributed by atoms with van der Waals surface area (Å²) < 4.78 is 2.29. The van der Waals surface area contributed by atoms with Crippen LogP contribution >= 0.6 is 0 Å². The van der Waals surface area contributed by atoms with Crippen molar-refractivity contribution in [1.29, 1.82) is 0 Å². The van der Waals surface area contributed by atoms with Crippen LogP contribution in [-0.2, 0) is 13.0 Å². The summed E-state index contributed by atoms with van der Waals surface area (Å²) in [4.78, 5) is 4.48. The highest BCUT2D eigenvalue weighted by molar-refractivity contribution is 4.94. The molecule has 0 bridgehead atoms. The molecular formula is C14H27N3. The van der Waals surface area contributed by atoms with E-state index in [2.05, 4.69) is 48.8 Å². The van der Waals surface area contributed by atoms with Crippen LogP contribution in [0.15, 0.2) is 12.4 Å². The maximum Gasteiger partial charge on any atom is 0.108 e. The molecule has 0 spiro atoms. The summed E-state index contributed by atoms with van der Waals surface area (Å²) in [6.45, 7) is 12.3. The lowest BCUT2D eigenvalue weighted by Gasteiger charge is -2.20. The van der Waals surface area contributed by atoms with E-state index in [1.807, 2.05) is 6.20 Å². The zero-order valence-electron chi connectivity index (χ0n) is 11.7. The van der Waals surface area contributed by atoms with Crippen LogP contribution < -0.4 is 5.32 Å². The highest BCUT2D eigenvalue weighted by atomic mass is 15.1. The summed E-state index contributed by atoms with van der Waals surface area (Å²) in [7, 11) is 0. The number of hydrogen-bond donors (Lipinski definition) is 1. The van der Waals surface area contributed by atoms with Crippen LogP contribution in [0.3, 0.4) is 0 Å². The highest BCUT2D eigenvalue weighted by Crippen LogP contribution is 2.16. The minimum atomic E-state index is 0.673. The van der Waals surface area contributed by atoms with Crippen molar-refractivity contribution >= 4 is 0 Å². The average molecular weight is 237 g/mol. The Morgan fingerprint density at radius 2 is 2.06 bits per heavy atom. The third-order valence-corrected chi connectivity index (χ3v) is 3.46. The van der Waals surface area contributed by atoms with E-state index in [-0.39, 0.29) is 0 Å². The Morgan fingerprint density at radius 3 is 2.71 bits per heavy atom. The summed E-state index contributed by atoms with van der Waals surface area (Å²) in [5.41, 5.74) is 0. The Balaban J connectivity index is 2.48. The van der Waals surface area contributed by atoms with Crippen molar-refractivity contribution in [2.24, 2.45) is 11.8 Å². The van der Waals surface area contributed by atoms with Gasteiger partial charge in [-0.25, -0.2) is 4.98 Å². The second-order valence-corrected chi connectivity index (χ2v) is 5.00. The van der Waals surface area contributed by atoms with Crippen molar-refractivity contribution < 1.29 is 0 Å². The second kappa shape index (κ2) is 7.49. The smallest absolute Gasteiger partial charge is 0.108 e. The number of aryl methyl sites for hydroxylation is 1. The molecule has 0 amide bonds. The van der Waals surface area contributed by atoms with Crippen molar-refractivity contribution in [2.45, 2.75) is 47.1 Å². The van der Waals surface area contributed by atoms with E-state index < -0.39 is 0 Å². The lowest BCUT2D eigenvalue weighted by Crippen LogP contribution is -2.26. The number of rotatable bonds is 8. The van der Waals surface area contributed by atoms with Gasteiger partial charge in [0.05, 0.1) is 0 Å². The molecule has 0 radical (unpaired) electrons. The quantitative estimate of drug-likeness (QED) is 0.753. The molecule has 1 aromatic heterocycles. The van der Waals surface area contributed by atoms with E-state index >= 15 is 0 Å². The van der Waals surface area contributed by atoms with Gasteiger partial charge in [-0.05, 0) is 31.3 Å². The fraction of sp³-hybridized carbons (Fsp3) is 0.786. The summed E-state index contributed by atoms with van der Waals surface area (Å²) in [6.07, 6.45) is 6.28. The lowest BCUT2D eigenvalue weighted by molar-refractivity contribution is 0.358. The highest BCUT2D eigenvalue weighted by Gasteiger charge is 2.14. The summed E-state index contributed by atoms with van der Waals surface area (Å²) in [6, 6.07) is 0. The first-order valence-corrected chi connectivity index (χ1v) is 6.89. The summed E-state index contributed by atoms with van der Waals surface area (Å²) >= 11 is 0. The minimum Gasteiger partial charge on any atom is -0.335 e. The van der Waals surface area contributed by atoms with Gasteiger partial charge in [-0.2, -0.15) is 0 Å². The van der Waals surface area contributed by atoms with Gasteiger partial charge in [0.1, 0.15) is 5.82 Å². The average Bonchev–Trinajstić information content (AvgIpc) is 2.74. The molecule has 1 aromatic rings. The topological polar surface area (TPSA) is 29.9 Å².